The lowest BCUT2D eigenvalue weighted by Gasteiger charge is -2.19. The van der Waals surface area contributed by atoms with Crippen molar-refractivity contribution in [1.82, 2.24) is 4.90 Å². The zero-order valence-electron chi connectivity index (χ0n) is 11.7. The van der Waals surface area contributed by atoms with Gasteiger partial charge in [0.2, 0.25) is 5.91 Å². The zero-order valence-corrected chi connectivity index (χ0v) is 13.3. The molecule has 0 aromatic heterocycles. The summed E-state index contributed by atoms with van der Waals surface area (Å²) in [5.41, 5.74) is 6.25. The summed E-state index contributed by atoms with van der Waals surface area (Å²) in [6.07, 6.45) is 0.354. The molecule has 114 valence electrons. The third kappa shape index (κ3) is 3.81. The largest absolute Gasteiger partial charge is 0.480 e. The molecule has 7 heteroatoms. The van der Waals surface area contributed by atoms with E-state index in [0.29, 0.717) is 13.0 Å². The van der Waals surface area contributed by atoms with Crippen LogP contribution in [0.2, 0.25) is 0 Å². The van der Waals surface area contributed by atoms with E-state index in [0.717, 1.165) is 15.7 Å². The Kier molecular flexibility index (Phi) is 4.65. The number of nitrogens with two attached hydrogens (primary N) is 1. The lowest BCUT2D eigenvalue weighted by atomic mass is 10.0. The van der Waals surface area contributed by atoms with E-state index < -0.39 is 11.5 Å². The molecule has 0 aliphatic carbocycles. The molecule has 21 heavy (non-hydrogen) atoms. The Bertz CT molecular complexity index is 579. The van der Waals surface area contributed by atoms with Gasteiger partial charge in [0.1, 0.15) is 5.54 Å². The topological polar surface area (TPSA) is 95.7 Å². The first kappa shape index (κ1) is 15.9. The quantitative estimate of drug-likeness (QED) is 0.753. The molecular weight excluding hydrogens is 338 g/mol. The summed E-state index contributed by atoms with van der Waals surface area (Å²) >= 11 is 3.37. The smallest absolute Gasteiger partial charge is 0.325 e. The maximum atomic E-state index is 12.0. The van der Waals surface area contributed by atoms with Gasteiger partial charge in [0.15, 0.2) is 0 Å². The molecule has 0 radical (unpaired) electrons. The number of anilines is 1. The summed E-state index contributed by atoms with van der Waals surface area (Å²) in [7, 11) is 0. The minimum Gasteiger partial charge on any atom is -0.480 e. The van der Waals surface area contributed by atoms with Crippen LogP contribution in [0.15, 0.2) is 22.7 Å². The average molecular weight is 356 g/mol. The summed E-state index contributed by atoms with van der Waals surface area (Å²) in [4.78, 5) is 24.9. The number of carbonyl (C=O) groups excluding carboxylic acids is 1. The fraction of sp³-hybridized carbons (Fsp3) is 0.429. The van der Waals surface area contributed by atoms with E-state index in [1.807, 2.05) is 25.1 Å². The molecule has 4 N–H and O–H groups in total. The third-order valence-corrected chi connectivity index (χ3v) is 4.13. The van der Waals surface area contributed by atoms with E-state index in [1.54, 1.807) is 4.90 Å². The van der Waals surface area contributed by atoms with Crippen LogP contribution in [0.1, 0.15) is 12.0 Å². The van der Waals surface area contributed by atoms with E-state index in [4.69, 9.17) is 10.8 Å². The number of halogens is 1. The van der Waals surface area contributed by atoms with Gasteiger partial charge in [-0.15, -0.1) is 0 Å². The van der Waals surface area contributed by atoms with E-state index in [-0.39, 0.29) is 19.0 Å². The highest BCUT2D eigenvalue weighted by Crippen LogP contribution is 2.21. The van der Waals surface area contributed by atoms with Crippen molar-refractivity contribution in [2.45, 2.75) is 18.9 Å². The molecule has 0 saturated carbocycles. The average Bonchev–Trinajstić information content (AvgIpc) is 2.76. The van der Waals surface area contributed by atoms with E-state index in [2.05, 4.69) is 21.2 Å². The standard InChI is InChI=1S/C14H18BrN3O3/c1-9-6-10(15)2-3-11(9)17-12(19)7-18-5-4-14(16,8-18)13(20)21/h2-3,6H,4-5,7-8,16H2,1H3,(H,17,19)(H,20,21). The van der Waals surface area contributed by atoms with Gasteiger partial charge in [-0.3, -0.25) is 14.5 Å². The molecule has 2 rings (SSSR count). The maximum Gasteiger partial charge on any atom is 0.325 e. The van der Waals surface area contributed by atoms with Crippen molar-refractivity contribution in [1.29, 1.82) is 0 Å². The number of hydrogen-bond acceptors (Lipinski definition) is 4. The normalized spacial score (nSPS) is 22.2. The minimum atomic E-state index is -1.24. The van der Waals surface area contributed by atoms with Crippen LogP contribution in [0.3, 0.4) is 0 Å². The number of nitrogens with zero attached hydrogens (tertiary/aromatic N) is 1. The monoisotopic (exact) mass is 355 g/mol. The number of likely N-dealkylation sites (tertiary alicyclic amines) is 1. The van der Waals surface area contributed by atoms with Gasteiger partial charge in [-0.1, -0.05) is 15.9 Å². The van der Waals surface area contributed by atoms with Crippen molar-refractivity contribution in [3.63, 3.8) is 0 Å². The number of nitrogens with one attached hydrogen (secondary N) is 1. The number of aryl methyl sites for hydroxylation is 1. The van der Waals surface area contributed by atoms with Gasteiger partial charge in [0.05, 0.1) is 6.54 Å². The van der Waals surface area contributed by atoms with Gasteiger partial charge in [-0.2, -0.15) is 0 Å². The van der Waals surface area contributed by atoms with E-state index >= 15 is 0 Å². The molecule has 1 aromatic rings. The highest BCUT2D eigenvalue weighted by Gasteiger charge is 2.41. The Morgan fingerprint density at radius 3 is 2.81 bits per heavy atom. The van der Waals surface area contributed by atoms with Crippen LogP contribution in [-0.4, -0.2) is 47.1 Å². The van der Waals surface area contributed by atoms with Gasteiger partial charge >= 0.3 is 5.97 Å². The van der Waals surface area contributed by atoms with Crippen LogP contribution in [0.25, 0.3) is 0 Å². The van der Waals surface area contributed by atoms with E-state index in [9.17, 15) is 9.59 Å². The number of benzene rings is 1. The molecule has 0 bridgehead atoms. The molecule has 0 spiro atoms. The Morgan fingerprint density at radius 1 is 1.52 bits per heavy atom. The molecular formula is C14H18BrN3O3. The third-order valence-electron chi connectivity index (χ3n) is 3.64. The summed E-state index contributed by atoms with van der Waals surface area (Å²) < 4.78 is 0.951. The zero-order chi connectivity index (χ0) is 15.6. The Morgan fingerprint density at radius 2 is 2.24 bits per heavy atom. The summed E-state index contributed by atoms with van der Waals surface area (Å²) in [5, 5.41) is 11.9. The van der Waals surface area contributed by atoms with Crippen molar-refractivity contribution in [2.24, 2.45) is 5.73 Å². The molecule has 1 aliphatic heterocycles. The van der Waals surface area contributed by atoms with Crippen LogP contribution in [0, 0.1) is 6.92 Å². The van der Waals surface area contributed by atoms with Gasteiger partial charge in [0, 0.05) is 23.2 Å². The predicted octanol–water partition coefficient (Wildman–Crippen LogP) is 1.18. The highest BCUT2D eigenvalue weighted by atomic mass is 79.9. The first-order valence-electron chi connectivity index (χ1n) is 6.61. The summed E-state index contributed by atoms with van der Waals surface area (Å²) in [6.45, 7) is 2.75. The second-order valence-electron chi connectivity index (χ2n) is 5.43. The van der Waals surface area contributed by atoms with Gasteiger partial charge in [0.25, 0.3) is 0 Å². The SMILES string of the molecule is Cc1cc(Br)ccc1NC(=O)CN1CCC(N)(C(=O)O)C1. The van der Waals surface area contributed by atoms with Crippen molar-refractivity contribution in [3.8, 4) is 0 Å². The first-order valence-corrected chi connectivity index (χ1v) is 7.40. The Hall–Kier alpha value is -1.44. The molecule has 1 amide bonds. The van der Waals surface area contributed by atoms with Gasteiger partial charge < -0.3 is 16.2 Å². The molecule has 6 nitrogen and oxygen atoms in total. The number of carboxylic acids is 1. The lowest BCUT2D eigenvalue weighted by Crippen LogP contribution is -2.50. The second-order valence-corrected chi connectivity index (χ2v) is 6.35. The van der Waals surface area contributed by atoms with E-state index in [1.165, 1.54) is 0 Å². The van der Waals surface area contributed by atoms with Crippen LogP contribution >= 0.6 is 15.9 Å². The molecule has 1 aromatic carbocycles. The maximum absolute atomic E-state index is 12.0. The number of aliphatic carboxylic acids is 1. The first-order chi connectivity index (χ1) is 9.80. The number of amides is 1. The molecule has 1 aliphatic rings. The van der Waals surface area contributed by atoms with Crippen molar-refractivity contribution < 1.29 is 14.7 Å². The van der Waals surface area contributed by atoms with Crippen molar-refractivity contribution in [3.05, 3.63) is 28.2 Å². The molecule has 1 fully saturated rings. The summed E-state index contributed by atoms with van der Waals surface area (Å²) in [5.74, 6) is -1.19. The lowest BCUT2D eigenvalue weighted by molar-refractivity contribution is -0.143. The summed E-state index contributed by atoms with van der Waals surface area (Å²) in [6, 6.07) is 5.60. The Labute approximate surface area is 131 Å². The molecule has 1 saturated heterocycles. The Balaban J connectivity index is 1.93. The van der Waals surface area contributed by atoms with Crippen LogP contribution in [0.4, 0.5) is 5.69 Å². The number of hydrogen-bond donors (Lipinski definition) is 3. The highest BCUT2D eigenvalue weighted by molar-refractivity contribution is 9.10. The fourth-order valence-electron chi connectivity index (χ4n) is 2.38. The predicted molar refractivity (Wildman–Crippen MR) is 83.1 cm³/mol. The van der Waals surface area contributed by atoms with Gasteiger partial charge in [-0.05, 0) is 37.1 Å². The van der Waals surface area contributed by atoms with Crippen molar-refractivity contribution >= 4 is 33.5 Å². The second kappa shape index (κ2) is 6.13. The molecule has 1 unspecified atom stereocenters. The molecule has 1 atom stereocenters. The minimum absolute atomic E-state index is 0.141. The van der Waals surface area contributed by atoms with Crippen molar-refractivity contribution in [2.75, 3.05) is 25.0 Å². The fourth-order valence-corrected chi connectivity index (χ4v) is 2.86. The van der Waals surface area contributed by atoms with Crippen LogP contribution in [-0.2, 0) is 9.59 Å². The number of rotatable bonds is 4. The molecule has 1 heterocycles. The van der Waals surface area contributed by atoms with Crippen LogP contribution < -0.4 is 11.1 Å². The number of carbonyl (C=O) groups is 2. The van der Waals surface area contributed by atoms with Crippen LogP contribution in [0.5, 0.6) is 0 Å². The van der Waals surface area contributed by atoms with Gasteiger partial charge in [-0.25, -0.2) is 0 Å². The number of carboxylic acid groups (broad SMARTS) is 1.